The molecule has 5 heteroatoms. The Labute approximate surface area is 110 Å². The van der Waals surface area contributed by atoms with Gasteiger partial charge in [0, 0.05) is 19.6 Å². The number of hydrogen-bond donors (Lipinski definition) is 1. The molecule has 0 saturated carbocycles. The first-order chi connectivity index (χ1) is 8.13. The molecule has 2 unspecified atom stereocenters. The lowest BCUT2D eigenvalue weighted by molar-refractivity contribution is -0.0356. The van der Waals surface area contributed by atoms with E-state index in [4.69, 9.17) is 4.74 Å². The molecule has 2 atom stereocenters. The highest BCUT2D eigenvalue weighted by Crippen LogP contribution is 2.27. The van der Waals surface area contributed by atoms with Crippen molar-refractivity contribution in [3.05, 3.63) is 15.9 Å². The van der Waals surface area contributed by atoms with E-state index in [1.807, 2.05) is 11.7 Å². The van der Waals surface area contributed by atoms with E-state index in [2.05, 4.69) is 28.0 Å². The van der Waals surface area contributed by atoms with Gasteiger partial charge in [-0.3, -0.25) is 4.68 Å². The van der Waals surface area contributed by atoms with Crippen LogP contribution in [-0.4, -0.2) is 34.2 Å². The van der Waals surface area contributed by atoms with Gasteiger partial charge in [-0.25, -0.2) is 0 Å². The molecular weight excluding hydrogens is 284 g/mol. The summed E-state index contributed by atoms with van der Waals surface area (Å²) in [5.41, 5.74) is 2.23. The summed E-state index contributed by atoms with van der Waals surface area (Å²) in [7, 11) is 1.95. The smallest absolute Gasteiger partial charge is 0.0766 e. The quantitative estimate of drug-likeness (QED) is 0.924. The predicted octanol–water partition coefficient (Wildman–Crippen LogP) is 1.68. The molecule has 1 aromatic heterocycles. The number of aromatic nitrogens is 2. The molecule has 1 aliphatic heterocycles. The minimum atomic E-state index is -0.254. The number of rotatable bonds is 3. The Hall–Kier alpha value is -0.390. The number of aliphatic hydroxyl groups is 1. The number of ether oxygens (including phenoxy) is 1. The summed E-state index contributed by atoms with van der Waals surface area (Å²) < 4.78 is 8.42. The summed E-state index contributed by atoms with van der Waals surface area (Å²) in [6.45, 7) is 3.40. The summed E-state index contributed by atoms with van der Waals surface area (Å²) in [4.78, 5) is 0. The number of halogens is 1. The molecule has 1 fully saturated rings. The lowest BCUT2D eigenvalue weighted by atomic mass is 9.93. The van der Waals surface area contributed by atoms with E-state index < -0.39 is 0 Å². The van der Waals surface area contributed by atoms with Crippen molar-refractivity contribution in [2.24, 2.45) is 13.0 Å². The standard InChI is InChI=1S/C12H19BrN2O2/c1-3-9-12(13)10(15(2)14-9)6-8-7-17-5-4-11(8)16/h8,11,16H,3-7H2,1-2H3. The normalized spacial score (nSPS) is 25.2. The number of nitrogens with zero attached hydrogens (tertiary/aromatic N) is 2. The number of hydrogen-bond acceptors (Lipinski definition) is 3. The van der Waals surface area contributed by atoms with Crippen molar-refractivity contribution in [2.75, 3.05) is 13.2 Å². The minimum absolute atomic E-state index is 0.181. The van der Waals surface area contributed by atoms with E-state index in [1.165, 1.54) is 0 Å². The predicted molar refractivity (Wildman–Crippen MR) is 68.9 cm³/mol. The van der Waals surface area contributed by atoms with Crippen LogP contribution >= 0.6 is 15.9 Å². The monoisotopic (exact) mass is 302 g/mol. The maximum atomic E-state index is 9.95. The molecule has 0 spiro atoms. The van der Waals surface area contributed by atoms with Crippen molar-refractivity contribution in [1.82, 2.24) is 9.78 Å². The average molecular weight is 303 g/mol. The summed E-state index contributed by atoms with van der Waals surface area (Å²) in [6.07, 6.45) is 2.21. The fourth-order valence-corrected chi connectivity index (χ4v) is 3.05. The fourth-order valence-electron chi connectivity index (χ4n) is 2.27. The van der Waals surface area contributed by atoms with Crippen molar-refractivity contribution in [2.45, 2.75) is 32.3 Å². The molecule has 2 rings (SSSR count). The molecule has 1 aliphatic rings. The van der Waals surface area contributed by atoms with E-state index >= 15 is 0 Å². The maximum Gasteiger partial charge on any atom is 0.0766 e. The first-order valence-electron chi connectivity index (χ1n) is 6.09. The third-order valence-electron chi connectivity index (χ3n) is 3.39. The van der Waals surface area contributed by atoms with Crippen LogP contribution in [0, 0.1) is 5.92 Å². The van der Waals surface area contributed by atoms with Gasteiger partial charge in [-0.15, -0.1) is 0 Å². The van der Waals surface area contributed by atoms with Crippen molar-refractivity contribution in [3.63, 3.8) is 0 Å². The molecule has 0 radical (unpaired) electrons. The SMILES string of the molecule is CCc1nn(C)c(CC2COCCC2O)c1Br. The topological polar surface area (TPSA) is 47.3 Å². The van der Waals surface area contributed by atoms with Crippen molar-refractivity contribution < 1.29 is 9.84 Å². The second kappa shape index (κ2) is 5.50. The highest BCUT2D eigenvalue weighted by atomic mass is 79.9. The van der Waals surface area contributed by atoms with Gasteiger partial charge in [0.2, 0.25) is 0 Å². The van der Waals surface area contributed by atoms with Gasteiger partial charge in [-0.1, -0.05) is 6.92 Å². The van der Waals surface area contributed by atoms with Crippen LogP contribution in [0.3, 0.4) is 0 Å². The van der Waals surface area contributed by atoms with Crippen LogP contribution in [0.4, 0.5) is 0 Å². The van der Waals surface area contributed by atoms with Gasteiger partial charge in [0.1, 0.15) is 0 Å². The lowest BCUT2D eigenvalue weighted by Gasteiger charge is -2.27. The van der Waals surface area contributed by atoms with Crippen LogP contribution in [0.15, 0.2) is 4.47 Å². The highest BCUT2D eigenvalue weighted by molar-refractivity contribution is 9.10. The molecule has 96 valence electrons. The fraction of sp³-hybridized carbons (Fsp3) is 0.750. The van der Waals surface area contributed by atoms with E-state index in [0.717, 1.165) is 35.1 Å². The Bertz CT molecular complexity index is 392. The largest absolute Gasteiger partial charge is 0.393 e. The minimum Gasteiger partial charge on any atom is -0.393 e. The van der Waals surface area contributed by atoms with Gasteiger partial charge >= 0.3 is 0 Å². The molecule has 0 aliphatic carbocycles. The average Bonchev–Trinajstić information content (AvgIpc) is 2.59. The second-order valence-electron chi connectivity index (χ2n) is 4.58. The molecule has 4 nitrogen and oxygen atoms in total. The Balaban J connectivity index is 2.14. The summed E-state index contributed by atoms with van der Waals surface area (Å²) in [5.74, 6) is 0.181. The zero-order chi connectivity index (χ0) is 12.4. The van der Waals surface area contributed by atoms with Gasteiger partial charge < -0.3 is 9.84 Å². The van der Waals surface area contributed by atoms with Gasteiger partial charge in [0.05, 0.1) is 28.6 Å². The van der Waals surface area contributed by atoms with Crippen LogP contribution in [0.1, 0.15) is 24.7 Å². The number of aliphatic hydroxyl groups excluding tert-OH is 1. The third-order valence-corrected chi connectivity index (χ3v) is 4.31. The molecule has 1 saturated heterocycles. The van der Waals surface area contributed by atoms with Crippen molar-refractivity contribution >= 4 is 15.9 Å². The summed E-state index contributed by atoms with van der Waals surface area (Å²) >= 11 is 3.60. The Morgan fingerprint density at radius 3 is 2.94 bits per heavy atom. The first kappa shape index (κ1) is 13.1. The zero-order valence-corrected chi connectivity index (χ0v) is 11.9. The van der Waals surface area contributed by atoms with E-state index in [-0.39, 0.29) is 12.0 Å². The van der Waals surface area contributed by atoms with Gasteiger partial charge in [-0.2, -0.15) is 5.10 Å². The van der Waals surface area contributed by atoms with E-state index in [1.54, 1.807) is 0 Å². The zero-order valence-electron chi connectivity index (χ0n) is 10.3. The molecule has 0 bridgehead atoms. The van der Waals surface area contributed by atoms with Crippen LogP contribution in [0.5, 0.6) is 0 Å². The molecule has 1 N–H and O–H groups in total. The van der Waals surface area contributed by atoms with Gasteiger partial charge in [-0.05, 0) is 35.2 Å². The highest BCUT2D eigenvalue weighted by Gasteiger charge is 2.26. The molecule has 17 heavy (non-hydrogen) atoms. The van der Waals surface area contributed by atoms with Crippen LogP contribution in [0.2, 0.25) is 0 Å². The molecule has 1 aromatic rings. The van der Waals surface area contributed by atoms with E-state index in [9.17, 15) is 5.11 Å². The maximum absolute atomic E-state index is 9.95. The van der Waals surface area contributed by atoms with Gasteiger partial charge in [0.25, 0.3) is 0 Å². The molecule has 2 heterocycles. The Morgan fingerprint density at radius 2 is 2.35 bits per heavy atom. The van der Waals surface area contributed by atoms with Crippen molar-refractivity contribution in [3.8, 4) is 0 Å². The van der Waals surface area contributed by atoms with E-state index in [0.29, 0.717) is 13.2 Å². The van der Waals surface area contributed by atoms with Gasteiger partial charge in [0.15, 0.2) is 0 Å². The number of aryl methyl sites for hydroxylation is 2. The van der Waals surface area contributed by atoms with Crippen LogP contribution in [0.25, 0.3) is 0 Å². The molecular formula is C12H19BrN2O2. The summed E-state index contributed by atoms with van der Waals surface area (Å²) in [6, 6.07) is 0. The van der Waals surface area contributed by atoms with Crippen molar-refractivity contribution in [1.29, 1.82) is 0 Å². The van der Waals surface area contributed by atoms with Crippen LogP contribution in [-0.2, 0) is 24.6 Å². The lowest BCUT2D eigenvalue weighted by Crippen LogP contribution is -2.33. The summed E-state index contributed by atoms with van der Waals surface area (Å²) in [5, 5.41) is 14.4. The first-order valence-corrected chi connectivity index (χ1v) is 6.88. The molecule has 0 amide bonds. The molecule has 0 aromatic carbocycles. The Kier molecular flexibility index (Phi) is 4.22. The second-order valence-corrected chi connectivity index (χ2v) is 5.37. The third kappa shape index (κ3) is 2.72. The Morgan fingerprint density at radius 1 is 1.59 bits per heavy atom. The van der Waals surface area contributed by atoms with Crippen LogP contribution < -0.4 is 0 Å².